The van der Waals surface area contributed by atoms with E-state index in [1.54, 1.807) is 0 Å². The maximum atomic E-state index is 11.0. The first kappa shape index (κ1) is 12.2. The van der Waals surface area contributed by atoms with Crippen molar-refractivity contribution in [3.63, 3.8) is 0 Å². The van der Waals surface area contributed by atoms with E-state index in [2.05, 4.69) is 48.5 Å². The molecule has 0 aromatic heterocycles. The number of aliphatic hydroxyl groups is 1. The quantitative estimate of drug-likeness (QED) is 0.871. The zero-order valence-electron chi connectivity index (χ0n) is 11.7. The molecule has 0 heterocycles. The van der Waals surface area contributed by atoms with Crippen molar-refractivity contribution in [3.05, 3.63) is 70.8 Å². The van der Waals surface area contributed by atoms with Crippen LogP contribution in [0.1, 0.15) is 47.4 Å². The first-order valence-corrected chi connectivity index (χ1v) is 7.64. The van der Waals surface area contributed by atoms with Gasteiger partial charge >= 0.3 is 0 Å². The Morgan fingerprint density at radius 3 is 1.95 bits per heavy atom. The smallest absolute Gasteiger partial charge is 0.0977 e. The minimum absolute atomic E-state index is 0.707. The van der Waals surface area contributed by atoms with E-state index >= 15 is 0 Å². The highest BCUT2D eigenvalue weighted by atomic mass is 16.3. The van der Waals surface area contributed by atoms with Crippen LogP contribution in [0.25, 0.3) is 0 Å². The molecule has 1 fully saturated rings. The summed E-state index contributed by atoms with van der Waals surface area (Å²) in [6.07, 6.45) is 5.51. The standard InChI is InChI=1S/C19H20O/c20-19(12-16-4-1-2-5-17(16)13-19)18-10-8-15(9-11-18)14-6-3-7-14/h1-2,4-5,8-11,14,20H,3,6-7,12-13H2. The van der Waals surface area contributed by atoms with Crippen LogP contribution in [0.4, 0.5) is 0 Å². The van der Waals surface area contributed by atoms with Crippen molar-refractivity contribution < 1.29 is 5.11 Å². The number of benzene rings is 2. The van der Waals surface area contributed by atoms with E-state index in [1.807, 2.05) is 0 Å². The van der Waals surface area contributed by atoms with Crippen LogP contribution in [0.15, 0.2) is 48.5 Å². The molecule has 1 nitrogen and oxygen atoms in total. The van der Waals surface area contributed by atoms with Crippen molar-refractivity contribution in [3.8, 4) is 0 Å². The summed E-state index contributed by atoms with van der Waals surface area (Å²) in [4.78, 5) is 0. The molecule has 1 N–H and O–H groups in total. The maximum absolute atomic E-state index is 11.0. The summed E-state index contributed by atoms with van der Waals surface area (Å²) in [6.45, 7) is 0. The third-order valence-electron chi connectivity index (χ3n) is 5.11. The van der Waals surface area contributed by atoms with Crippen LogP contribution in [0.2, 0.25) is 0 Å². The topological polar surface area (TPSA) is 20.2 Å². The Morgan fingerprint density at radius 1 is 0.850 bits per heavy atom. The van der Waals surface area contributed by atoms with Gasteiger partial charge in [-0.05, 0) is 41.0 Å². The fourth-order valence-electron chi connectivity index (χ4n) is 3.61. The van der Waals surface area contributed by atoms with Crippen molar-refractivity contribution in [2.75, 3.05) is 0 Å². The van der Waals surface area contributed by atoms with Crippen LogP contribution in [0.5, 0.6) is 0 Å². The molecule has 102 valence electrons. The first-order chi connectivity index (χ1) is 9.74. The van der Waals surface area contributed by atoms with Gasteiger partial charge in [-0.3, -0.25) is 0 Å². The van der Waals surface area contributed by atoms with E-state index in [0.29, 0.717) is 0 Å². The van der Waals surface area contributed by atoms with Crippen molar-refractivity contribution in [1.29, 1.82) is 0 Å². The van der Waals surface area contributed by atoms with Crippen molar-refractivity contribution in [1.82, 2.24) is 0 Å². The van der Waals surface area contributed by atoms with E-state index in [0.717, 1.165) is 24.3 Å². The average molecular weight is 264 g/mol. The molecule has 2 aliphatic rings. The molecule has 2 aromatic rings. The summed E-state index contributed by atoms with van der Waals surface area (Å²) in [7, 11) is 0. The van der Waals surface area contributed by atoms with Gasteiger partial charge in [0.1, 0.15) is 0 Å². The predicted molar refractivity (Wildman–Crippen MR) is 80.8 cm³/mol. The zero-order chi connectivity index (χ0) is 13.6. The maximum Gasteiger partial charge on any atom is 0.0977 e. The molecule has 1 saturated carbocycles. The molecule has 0 aliphatic heterocycles. The lowest BCUT2D eigenvalue weighted by molar-refractivity contribution is 0.0482. The van der Waals surface area contributed by atoms with Crippen molar-refractivity contribution in [2.24, 2.45) is 0 Å². The Bertz CT molecular complexity index is 597. The van der Waals surface area contributed by atoms with E-state index in [9.17, 15) is 5.11 Å². The highest BCUT2D eigenvalue weighted by molar-refractivity contribution is 5.41. The van der Waals surface area contributed by atoms with Crippen LogP contribution < -0.4 is 0 Å². The normalized spacial score (nSPS) is 20.4. The van der Waals surface area contributed by atoms with Gasteiger partial charge < -0.3 is 5.11 Å². The lowest BCUT2D eigenvalue weighted by atomic mass is 9.79. The number of rotatable bonds is 2. The first-order valence-electron chi connectivity index (χ1n) is 7.64. The third kappa shape index (κ3) is 1.89. The van der Waals surface area contributed by atoms with Crippen LogP contribution in [0, 0.1) is 0 Å². The highest BCUT2D eigenvalue weighted by Gasteiger charge is 2.36. The largest absolute Gasteiger partial charge is 0.384 e. The zero-order valence-corrected chi connectivity index (χ0v) is 11.7. The Kier molecular flexibility index (Phi) is 2.71. The Hall–Kier alpha value is -1.60. The van der Waals surface area contributed by atoms with E-state index < -0.39 is 5.60 Å². The summed E-state index contributed by atoms with van der Waals surface area (Å²) in [5, 5.41) is 11.0. The molecular formula is C19H20O. The van der Waals surface area contributed by atoms with Crippen LogP contribution >= 0.6 is 0 Å². The summed E-state index contributed by atoms with van der Waals surface area (Å²) < 4.78 is 0. The summed E-state index contributed by atoms with van der Waals surface area (Å²) >= 11 is 0. The Balaban J connectivity index is 1.61. The van der Waals surface area contributed by atoms with Crippen molar-refractivity contribution >= 4 is 0 Å². The SMILES string of the molecule is OC1(c2ccc(C3CCC3)cc2)Cc2ccccc2C1. The number of hydrogen-bond acceptors (Lipinski definition) is 1. The molecule has 2 aromatic carbocycles. The van der Waals surface area contributed by atoms with Gasteiger partial charge in [-0.15, -0.1) is 0 Å². The minimum atomic E-state index is -0.707. The molecule has 0 unspecified atom stereocenters. The average Bonchev–Trinajstić information content (AvgIpc) is 2.75. The molecule has 0 amide bonds. The lowest BCUT2D eigenvalue weighted by Gasteiger charge is -2.27. The van der Waals surface area contributed by atoms with Crippen LogP contribution in [-0.4, -0.2) is 5.11 Å². The van der Waals surface area contributed by atoms with Crippen LogP contribution in [0.3, 0.4) is 0 Å². The van der Waals surface area contributed by atoms with E-state index in [-0.39, 0.29) is 0 Å². The monoisotopic (exact) mass is 264 g/mol. The number of fused-ring (bicyclic) bond motifs is 1. The minimum Gasteiger partial charge on any atom is -0.384 e. The third-order valence-corrected chi connectivity index (χ3v) is 5.11. The van der Waals surface area contributed by atoms with Gasteiger partial charge in [-0.1, -0.05) is 55.0 Å². The van der Waals surface area contributed by atoms with Gasteiger partial charge in [-0.2, -0.15) is 0 Å². The second kappa shape index (κ2) is 4.46. The Morgan fingerprint density at radius 2 is 1.45 bits per heavy atom. The molecule has 4 rings (SSSR count). The van der Waals surface area contributed by atoms with Gasteiger partial charge in [-0.25, -0.2) is 0 Å². The molecule has 1 heteroatoms. The summed E-state index contributed by atoms with van der Waals surface area (Å²) in [6, 6.07) is 17.1. The van der Waals surface area contributed by atoms with Gasteiger partial charge in [0, 0.05) is 12.8 Å². The molecule has 0 atom stereocenters. The van der Waals surface area contributed by atoms with E-state index in [1.165, 1.54) is 36.0 Å². The second-order valence-electron chi connectivity index (χ2n) is 6.40. The summed E-state index contributed by atoms with van der Waals surface area (Å²) in [5.41, 5.74) is 4.38. The molecule has 0 radical (unpaired) electrons. The molecule has 0 spiro atoms. The fraction of sp³-hybridized carbons (Fsp3) is 0.368. The van der Waals surface area contributed by atoms with Crippen molar-refractivity contribution in [2.45, 2.75) is 43.6 Å². The predicted octanol–water partition coefficient (Wildman–Crippen LogP) is 3.94. The second-order valence-corrected chi connectivity index (χ2v) is 6.40. The molecule has 0 bridgehead atoms. The van der Waals surface area contributed by atoms with Crippen LogP contribution in [-0.2, 0) is 18.4 Å². The van der Waals surface area contributed by atoms with E-state index in [4.69, 9.17) is 0 Å². The molecular weight excluding hydrogens is 244 g/mol. The molecule has 0 saturated heterocycles. The van der Waals surface area contributed by atoms with Gasteiger partial charge in [0.2, 0.25) is 0 Å². The summed E-state index contributed by atoms with van der Waals surface area (Å²) in [5.74, 6) is 0.763. The van der Waals surface area contributed by atoms with Gasteiger partial charge in [0.15, 0.2) is 0 Å². The Labute approximate surface area is 120 Å². The lowest BCUT2D eigenvalue weighted by Crippen LogP contribution is -2.26. The fourth-order valence-corrected chi connectivity index (χ4v) is 3.61. The van der Waals surface area contributed by atoms with Gasteiger partial charge in [0.25, 0.3) is 0 Å². The molecule has 2 aliphatic carbocycles. The highest BCUT2D eigenvalue weighted by Crippen LogP contribution is 2.40. The molecule has 20 heavy (non-hydrogen) atoms. The van der Waals surface area contributed by atoms with Gasteiger partial charge in [0.05, 0.1) is 5.60 Å². The number of hydrogen-bond donors (Lipinski definition) is 1.